The van der Waals surface area contributed by atoms with E-state index in [9.17, 15) is 0 Å². The van der Waals surface area contributed by atoms with Crippen LogP contribution in [0.2, 0.25) is 0 Å². The molecule has 0 aliphatic heterocycles. The van der Waals surface area contributed by atoms with Gasteiger partial charge in [0.25, 0.3) is 5.82 Å². The molecule has 0 N–H and O–H groups in total. The van der Waals surface area contributed by atoms with Crippen LogP contribution in [0.15, 0.2) is 60.8 Å². The van der Waals surface area contributed by atoms with E-state index in [1.165, 1.54) is 12.3 Å². The summed E-state index contributed by atoms with van der Waals surface area (Å²) in [5, 5.41) is 3.24. The minimum atomic E-state index is -2.56. The van der Waals surface area contributed by atoms with Crippen LogP contribution >= 0.6 is 0 Å². The van der Waals surface area contributed by atoms with Gasteiger partial charge in [0.1, 0.15) is 5.52 Å². The summed E-state index contributed by atoms with van der Waals surface area (Å²) in [6.07, 6.45) is 1.42. The number of hydrogen-bond donors (Lipinski definition) is 0. The standard InChI is InChI=1S/C23H22N3/c1-15-13-21(24(3)14-16(15)2)26-20-12-8-6-10-18(20)22-17-9-5-7-11-19(17)25(4)23(22)26/h5-14H,1-4H3/q+1/i1D3,2D3. The smallest absolute Gasteiger partial charge is 0.288 e. The number of aryl methyl sites for hydroxylation is 4. The fraction of sp³-hybridized carbons (Fsp3) is 0.174. The molecule has 0 bridgehead atoms. The maximum Gasteiger partial charge on any atom is 0.288 e. The largest absolute Gasteiger partial charge is 0.311 e. The van der Waals surface area contributed by atoms with Crippen LogP contribution in [0.3, 0.4) is 0 Å². The van der Waals surface area contributed by atoms with Gasteiger partial charge in [-0.05, 0) is 43.0 Å². The van der Waals surface area contributed by atoms with Crippen LogP contribution in [0, 0.1) is 13.7 Å². The number of aromatic nitrogens is 3. The molecule has 3 heterocycles. The summed E-state index contributed by atoms with van der Waals surface area (Å²) in [6.45, 7) is -5.10. The zero-order valence-corrected chi connectivity index (χ0v) is 14.6. The Kier molecular flexibility index (Phi) is 2.04. The summed E-state index contributed by atoms with van der Waals surface area (Å²) in [7, 11) is 3.73. The Morgan fingerprint density at radius 3 is 2.27 bits per heavy atom. The molecule has 3 heteroatoms. The SMILES string of the molecule is [2H]C([2H])([2H])c1cc(-n2c3ccccc3c3c4ccccc4n(C)c32)[n+](C)cc1C([2H])([2H])[2H]. The van der Waals surface area contributed by atoms with Crippen molar-refractivity contribution in [1.29, 1.82) is 0 Å². The Balaban J connectivity index is 1.98. The number of fused-ring (bicyclic) bond motifs is 5. The van der Waals surface area contributed by atoms with Crippen molar-refractivity contribution in [3.63, 3.8) is 0 Å². The number of nitrogens with zero attached hydrogens (tertiary/aromatic N) is 3. The van der Waals surface area contributed by atoms with Crippen LogP contribution in [-0.2, 0) is 14.1 Å². The first-order chi connectivity index (χ1) is 15.0. The molecule has 0 atom stereocenters. The van der Waals surface area contributed by atoms with Gasteiger partial charge in [-0.25, -0.2) is 4.57 Å². The molecule has 0 aliphatic rings. The van der Waals surface area contributed by atoms with Crippen LogP contribution in [-0.4, -0.2) is 9.13 Å². The Hall–Kier alpha value is -3.07. The Bertz CT molecular complexity index is 1520. The van der Waals surface area contributed by atoms with Crippen molar-refractivity contribution in [3.8, 4) is 5.82 Å². The zero-order chi connectivity index (χ0) is 23.0. The Morgan fingerprint density at radius 1 is 0.885 bits per heavy atom. The normalized spacial score (nSPS) is 16.2. The molecule has 2 aromatic carbocycles. The molecule has 128 valence electrons. The highest BCUT2D eigenvalue weighted by Gasteiger charge is 2.26. The second-order valence-electron chi connectivity index (χ2n) is 6.70. The van der Waals surface area contributed by atoms with Crippen LogP contribution in [0.5, 0.6) is 0 Å². The van der Waals surface area contributed by atoms with E-state index in [-0.39, 0.29) is 11.1 Å². The lowest BCUT2D eigenvalue weighted by Crippen LogP contribution is -2.34. The van der Waals surface area contributed by atoms with Gasteiger partial charge in [0, 0.05) is 32.1 Å². The Labute approximate surface area is 161 Å². The molecule has 0 unspecified atom stereocenters. The lowest BCUT2D eigenvalue weighted by atomic mass is 10.1. The van der Waals surface area contributed by atoms with Crippen molar-refractivity contribution in [2.24, 2.45) is 14.1 Å². The minimum absolute atomic E-state index is 0.157. The highest BCUT2D eigenvalue weighted by atomic mass is 15.2. The van der Waals surface area contributed by atoms with E-state index in [0.29, 0.717) is 5.82 Å². The van der Waals surface area contributed by atoms with Gasteiger partial charge in [0.05, 0.1) is 24.1 Å². The molecule has 3 aromatic heterocycles. The molecule has 5 aromatic rings. The predicted molar refractivity (Wildman–Crippen MR) is 108 cm³/mol. The molecule has 0 spiro atoms. The van der Waals surface area contributed by atoms with Crippen molar-refractivity contribution in [1.82, 2.24) is 9.13 Å². The first-order valence-electron chi connectivity index (χ1n) is 11.5. The predicted octanol–water partition coefficient (Wildman–Crippen LogP) is 4.72. The van der Waals surface area contributed by atoms with E-state index in [0.717, 1.165) is 32.8 Å². The van der Waals surface area contributed by atoms with Crippen LogP contribution in [0.1, 0.15) is 19.4 Å². The monoisotopic (exact) mass is 346 g/mol. The summed E-state index contributed by atoms with van der Waals surface area (Å²) in [4.78, 5) is 0. The summed E-state index contributed by atoms with van der Waals surface area (Å²) in [6, 6.07) is 17.6. The number of pyridine rings is 1. The van der Waals surface area contributed by atoms with Crippen molar-refractivity contribution < 1.29 is 12.8 Å². The molecule has 0 aliphatic carbocycles. The molecule has 0 saturated carbocycles. The second kappa shape index (κ2) is 5.21. The molecule has 5 rings (SSSR count). The van der Waals surface area contributed by atoms with Gasteiger partial charge in [-0.1, -0.05) is 30.3 Å². The van der Waals surface area contributed by atoms with Gasteiger partial charge in [-0.2, -0.15) is 4.57 Å². The van der Waals surface area contributed by atoms with Crippen molar-refractivity contribution in [3.05, 3.63) is 71.9 Å². The van der Waals surface area contributed by atoms with Gasteiger partial charge >= 0.3 is 0 Å². The molecule has 26 heavy (non-hydrogen) atoms. The van der Waals surface area contributed by atoms with E-state index < -0.39 is 13.7 Å². The molecule has 0 saturated heterocycles. The molecule has 3 nitrogen and oxygen atoms in total. The molecule has 0 radical (unpaired) electrons. The second-order valence-corrected chi connectivity index (χ2v) is 6.70. The van der Waals surface area contributed by atoms with Gasteiger partial charge in [-0.15, -0.1) is 0 Å². The Morgan fingerprint density at radius 2 is 1.54 bits per heavy atom. The van der Waals surface area contributed by atoms with Crippen molar-refractivity contribution in [2.45, 2.75) is 13.7 Å². The summed E-state index contributed by atoms with van der Waals surface area (Å²) < 4.78 is 53.4. The van der Waals surface area contributed by atoms with Gasteiger partial charge in [-0.3, -0.25) is 0 Å². The number of hydrogen-bond acceptors (Lipinski definition) is 0. The fourth-order valence-electron chi connectivity index (χ4n) is 3.99. The van der Waals surface area contributed by atoms with E-state index in [1.807, 2.05) is 41.9 Å². The van der Waals surface area contributed by atoms with Crippen molar-refractivity contribution in [2.75, 3.05) is 0 Å². The first-order valence-corrected chi connectivity index (χ1v) is 8.51. The lowest BCUT2D eigenvalue weighted by Gasteiger charge is -2.08. The van der Waals surface area contributed by atoms with E-state index in [2.05, 4.69) is 22.8 Å². The lowest BCUT2D eigenvalue weighted by molar-refractivity contribution is -0.665. The summed E-state index contributed by atoms with van der Waals surface area (Å²) in [5.41, 5.74) is 2.59. The average Bonchev–Trinajstić information content (AvgIpc) is 3.20. The highest BCUT2D eigenvalue weighted by Crippen LogP contribution is 2.37. The van der Waals surface area contributed by atoms with E-state index in [4.69, 9.17) is 8.22 Å². The first kappa shape index (κ1) is 10.2. The molecule has 0 amide bonds. The molecular formula is C23H22N3+. The van der Waals surface area contributed by atoms with E-state index >= 15 is 0 Å². The summed E-state index contributed by atoms with van der Waals surface area (Å²) >= 11 is 0. The van der Waals surface area contributed by atoms with Gasteiger partial charge < -0.3 is 4.57 Å². The van der Waals surface area contributed by atoms with Crippen LogP contribution < -0.4 is 4.57 Å². The van der Waals surface area contributed by atoms with E-state index in [1.54, 1.807) is 11.6 Å². The van der Waals surface area contributed by atoms with Crippen LogP contribution in [0.4, 0.5) is 0 Å². The van der Waals surface area contributed by atoms with Gasteiger partial charge in [0.2, 0.25) is 5.65 Å². The molecule has 0 fully saturated rings. The van der Waals surface area contributed by atoms with Gasteiger partial charge in [0.15, 0.2) is 0 Å². The number of rotatable bonds is 1. The van der Waals surface area contributed by atoms with Crippen molar-refractivity contribution >= 4 is 32.8 Å². The molecular weight excluding hydrogens is 318 g/mol. The number of benzene rings is 2. The average molecular weight is 346 g/mol. The maximum absolute atomic E-state index is 8.00. The fourth-order valence-corrected chi connectivity index (χ4v) is 3.99. The summed E-state index contributed by atoms with van der Waals surface area (Å²) in [5.74, 6) is 0.584. The topological polar surface area (TPSA) is 13.7 Å². The highest BCUT2D eigenvalue weighted by molar-refractivity contribution is 6.21. The van der Waals surface area contributed by atoms with Crippen LogP contribution in [0.25, 0.3) is 38.7 Å². The third-order valence-electron chi connectivity index (χ3n) is 5.18. The third kappa shape index (κ3) is 1.86. The minimum Gasteiger partial charge on any atom is -0.311 e. The zero-order valence-electron chi connectivity index (χ0n) is 20.6. The number of para-hydroxylation sites is 2. The quantitative estimate of drug-likeness (QED) is 0.390. The third-order valence-corrected chi connectivity index (χ3v) is 5.18. The maximum atomic E-state index is 8.00.